The first-order valence-corrected chi connectivity index (χ1v) is 7.95. The Kier molecular flexibility index (Phi) is 6.44. The number of ether oxygens (including phenoxy) is 2. The highest BCUT2D eigenvalue weighted by Crippen LogP contribution is 2.28. The van der Waals surface area contributed by atoms with Crippen molar-refractivity contribution < 1.29 is 14.3 Å². The lowest BCUT2D eigenvalue weighted by atomic mass is 10.1. The SMILES string of the molecule is CCOc1ccccc1/C=C(\C#N)C(=O)Nc1cc(Cl)ccc1OC. The number of nitrogens with zero attached hydrogens (tertiary/aromatic N) is 1. The monoisotopic (exact) mass is 356 g/mol. The number of rotatable bonds is 6. The van der Waals surface area contributed by atoms with Gasteiger partial charge in [-0.2, -0.15) is 5.26 Å². The number of benzene rings is 2. The summed E-state index contributed by atoms with van der Waals surface area (Å²) in [6.07, 6.45) is 1.48. The second-order valence-electron chi connectivity index (χ2n) is 4.94. The van der Waals surface area contributed by atoms with Crippen molar-refractivity contribution >= 4 is 29.3 Å². The molecular formula is C19H17ClN2O3. The van der Waals surface area contributed by atoms with Crippen LogP contribution in [0.15, 0.2) is 48.0 Å². The fourth-order valence-corrected chi connectivity index (χ4v) is 2.33. The Bertz CT molecular complexity index is 841. The van der Waals surface area contributed by atoms with E-state index in [0.717, 1.165) is 0 Å². The second kappa shape index (κ2) is 8.76. The fraction of sp³-hybridized carbons (Fsp3) is 0.158. The number of carbonyl (C=O) groups is 1. The van der Waals surface area contributed by atoms with Crippen molar-refractivity contribution in [1.82, 2.24) is 0 Å². The second-order valence-corrected chi connectivity index (χ2v) is 5.38. The number of halogens is 1. The molecule has 0 saturated carbocycles. The van der Waals surface area contributed by atoms with E-state index in [2.05, 4.69) is 5.32 Å². The van der Waals surface area contributed by atoms with E-state index in [1.54, 1.807) is 36.4 Å². The van der Waals surface area contributed by atoms with Crippen LogP contribution in [-0.4, -0.2) is 19.6 Å². The van der Waals surface area contributed by atoms with Gasteiger partial charge in [0.25, 0.3) is 5.91 Å². The maximum atomic E-state index is 12.5. The molecule has 0 fully saturated rings. The maximum absolute atomic E-state index is 12.5. The van der Waals surface area contributed by atoms with Gasteiger partial charge in [-0.05, 0) is 37.3 Å². The average Bonchev–Trinajstić information content (AvgIpc) is 2.61. The predicted molar refractivity (Wildman–Crippen MR) is 97.8 cm³/mol. The number of nitrogens with one attached hydrogen (secondary N) is 1. The summed E-state index contributed by atoms with van der Waals surface area (Å²) in [6.45, 7) is 2.35. The van der Waals surface area contributed by atoms with Crippen molar-refractivity contribution in [3.8, 4) is 17.6 Å². The molecule has 6 heteroatoms. The van der Waals surface area contributed by atoms with E-state index in [1.807, 2.05) is 19.1 Å². The van der Waals surface area contributed by atoms with E-state index in [9.17, 15) is 10.1 Å². The molecule has 0 aliphatic heterocycles. The summed E-state index contributed by atoms with van der Waals surface area (Å²) in [6, 6.07) is 13.9. The quantitative estimate of drug-likeness (QED) is 0.619. The lowest BCUT2D eigenvalue weighted by Crippen LogP contribution is -2.14. The molecule has 2 aromatic rings. The largest absolute Gasteiger partial charge is 0.495 e. The minimum atomic E-state index is -0.561. The zero-order valence-electron chi connectivity index (χ0n) is 13.9. The number of hydrogen-bond donors (Lipinski definition) is 1. The first kappa shape index (κ1) is 18.4. The normalized spacial score (nSPS) is 10.7. The lowest BCUT2D eigenvalue weighted by molar-refractivity contribution is -0.112. The van der Waals surface area contributed by atoms with Gasteiger partial charge >= 0.3 is 0 Å². The number of hydrogen-bond acceptors (Lipinski definition) is 4. The van der Waals surface area contributed by atoms with E-state index in [1.165, 1.54) is 13.2 Å². The van der Waals surface area contributed by atoms with Crippen LogP contribution < -0.4 is 14.8 Å². The third kappa shape index (κ3) is 4.75. The number of nitriles is 1. The van der Waals surface area contributed by atoms with Crippen LogP contribution in [-0.2, 0) is 4.79 Å². The van der Waals surface area contributed by atoms with Gasteiger partial charge in [0.05, 0.1) is 19.4 Å². The van der Waals surface area contributed by atoms with Gasteiger partial charge < -0.3 is 14.8 Å². The summed E-state index contributed by atoms with van der Waals surface area (Å²) < 4.78 is 10.7. The Morgan fingerprint density at radius 1 is 1.28 bits per heavy atom. The molecule has 0 heterocycles. The van der Waals surface area contributed by atoms with Crippen LogP contribution in [0.2, 0.25) is 5.02 Å². The van der Waals surface area contributed by atoms with Gasteiger partial charge in [-0.15, -0.1) is 0 Å². The number of methoxy groups -OCH3 is 1. The van der Waals surface area contributed by atoms with Gasteiger partial charge in [-0.25, -0.2) is 0 Å². The van der Waals surface area contributed by atoms with Crippen LogP contribution in [0.25, 0.3) is 6.08 Å². The van der Waals surface area contributed by atoms with E-state index in [-0.39, 0.29) is 5.57 Å². The number of amides is 1. The maximum Gasteiger partial charge on any atom is 0.266 e. The summed E-state index contributed by atoms with van der Waals surface area (Å²) in [5.41, 5.74) is 0.975. The molecule has 0 unspecified atom stereocenters. The standard InChI is InChI=1S/C19H17ClN2O3/c1-3-25-17-7-5-4-6-13(17)10-14(12-21)19(23)22-16-11-15(20)8-9-18(16)24-2/h4-11H,3H2,1-2H3,(H,22,23)/b14-10+. The summed E-state index contributed by atoms with van der Waals surface area (Å²) in [4.78, 5) is 12.5. The summed E-state index contributed by atoms with van der Waals surface area (Å²) in [7, 11) is 1.48. The molecule has 1 N–H and O–H groups in total. The molecule has 0 aromatic heterocycles. The lowest BCUT2D eigenvalue weighted by Gasteiger charge is -2.10. The molecule has 0 atom stereocenters. The van der Waals surface area contributed by atoms with E-state index in [0.29, 0.717) is 34.4 Å². The molecule has 0 radical (unpaired) electrons. The topological polar surface area (TPSA) is 71.3 Å². The molecule has 0 aliphatic carbocycles. The highest BCUT2D eigenvalue weighted by Gasteiger charge is 2.14. The van der Waals surface area contributed by atoms with Gasteiger partial charge in [0.2, 0.25) is 0 Å². The first-order chi connectivity index (χ1) is 12.1. The van der Waals surface area contributed by atoms with E-state index >= 15 is 0 Å². The van der Waals surface area contributed by atoms with Crippen LogP contribution in [0.1, 0.15) is 12.5 Å². The highest BCUT2D eigenvalue weighted by atomic mass is 35.5. The van der Waals surface area contributed by atoms with Crippen molar-refractivity contribution in [1.29, 1.82) is 5.26 Å². The van der Waals surface area contributed by atoms with Gasteiger partial charge in [0.1, 0.15) is 23.1 Å². The molecule has 2 rings (SSSR count). The van der Waals surface area contributed by atoms with Crippen molar-refractivity contribution in [3.63, 3.8) is 0 Å². The molecule has 0 saturated heterocycles. The number of anilines is 1. The summed E-state index contributed by atoms with van der Waals surface area (Å²) in [5.74, 6) is 0.491. The Morgan fingerprint density at radius 3 is 2.72 bits per heavy atom. The highest BCUT2D eigenvalue weighted by molar-refractivity contribution is 6.31. The average molecular weight is 357 g/mol. The Morgan fingerprint density at radius 2 is 2.04 bits per heavy atom. The first-order valence-electron chi connectivity index (χ1n) is 7.57. The van der Waals surface area contributed by atoms with Crippen LogP contribution >= 0.6 is 11.6 Å². The molecule has 25 heavy (non-hydrogen) atoms. The molecule has 5 nitrogen and oxygen atoms in total. The van der Waals surface area contributed by atoms with Crippen molar-refractivity contribution in [2.24, 2.45) is 0 Å². The van der Waals surface area contributed by atoms with Gasteiger partial charge in [0, 0.05) is 10.6 Å². The fourth-order valence-electron chi connectivity index (χ4n) is 2.16. The van der Waals surface area contributed by atoms with Crippen LogP contribution in [0.5, 0.6) is 11.5 Å². The Labute approximate surface area is 151 Å². The summed E-state index contributed by atoms with van der Waals surface area (Å²) in [5, 5.41) is 12.5. The zero-order valence-corrected chi connectivity index (χ0v) is 14.6. The van der Waals surface area contributed by atoms with Crippen LogP contribution in [0, 0.1) is 11.3 Å². The van der Waals surface area contributed by atoms with E-state index in [4.69, 9.17) is 21.1 Å². The van der Waals surface area contributed by atoms with Crippen LogP contribution in [0.4, 0.5) is 5.69 Å². The molecule has 0 spiro atoms. The molecule has 128 valence electrons. The minimum absolute atomic E-state index is 0.0609. The van der Waals surface area contributed by atoms with Crippen molar-refractivity contribution in [3.05, 3.63) is 58.6 Å². The van der Waals surface area contributed by atoms with E-state index < -0.39 is 5.91 Å². The summed E-state index contributed by atoms with van der Waals surface area (Å²) >= 11 is 5.95. The minimum Gasteiger partial charge on any atom is -0.495 e. The number of para-hydroxylation sites is 1. The number of carbonyl (C=O) groups excluding carboxylic acids is 1. The Hall–Kier alpha value is -2.97. The third-order valence-electron chi connectivity index (χ3n) is 3.29. The molecule has 0 bridgehead atoms. The smallest absolute Gasteiger partial charge is 0.266 e. The van der Waals surface area contributed by atoms with Crippen molar-refractivity contribution in [2.75, 3.05) is 19.0 Å². The van der Waals surface area contributed by atoms with Gasteiger partial charge in [-0.1, -0.05) is 29.8 Å². The molecule has 1 amide bonds. The van der Waals surface area contributed by atoms with Crippen molar-refractivity contribution in [2.45, 2.75) is 6.92 Å². The molecule has 2 aromatic carbocycles. The zero-order chi connectivity index (χ0) is 18.2. The third-order valence-corrected chi connectivity index (χ3v) is 3.53. The molecule has 0 aliphatic rings. The predicted octanol–water partition coefficient (Wildman–Crippen LogP) is 4.29. The van der Waals surface area contributed by atoms with Crippen LogP contribution in [0.3, 0.4) is 0 Å². The van der Waals surface area contributed by atoms with Gasteiger partial charge in [-0.3, -0.25) is 4.79 Å². The Balaban J connectivity index is 2.31. The van der Waals surface area contributed by atoms with Gasteiger partial charge in [0.15, 0.2) is 0 Å². The molecular weight excluding hydrogens is 340 g/mol.